The van der Waals surface area contributed by atoms with E-state index >= 15 is 0 Å². The molecule has 2 aromatic rings. The van der Waals surface area contributed by atoms with Gasteiger partial charge in [0.05, 0.1) is 6.04 Å². The van der Waals surface area contributed by atoms with Crippen LogP contribution in [0.2, 0.25) is 5.02 Å². The molecule has 3 nitrogen and oxygen atoms in total. The van der Waals surface area contributed by atoms with E-state index in [1.165, 1.54) is 12.1 Å². The zero-order valence-electron chi connectivity index (χ0n) is 9.19. The van der Waals surface area contributed by atoms with Crippen molar-refractivity contribution in [1.29, 1.82) is 0 Å². The van der Waals surface area contributed by atoms with Gasteiger partial charge in [-0.3, -0.25) is 0 Å². The molecular formula is C12H11ClFN3. The first kappa shape index (κ1) is 11.8. The Labute approximate surface area is 104 Å². The molecule has 0 saturated heterocycles. The van der Waals surface area contributed by atoms with Crippen LogP contribution in [0, 0.1) is 5.82 Å². The smallest absolute Gasteiger partial charge is 0.223 e. The lowest BCUT2D eigenvalue weighted by Gasteiger charge is -2.15. The first-order valence-corrected chi connectivity index (χ1v) is 5.53. The Kier molecular flexibility index (Phi) is 3.54. The van der Waals surface area contributed by atoms with Crippen molar-refractivity contribution in [1.82, 2.24) is 9.97 Å². The molecule has 5 heteroatoms. The molecule has 1 N–H and O–H groups in total. The molecular weight excluding hydrogens is 241 g/mol. The van der Waals surface area contributed by atoms with Gasteiger partial charge in [-0.2, -0.15) is 0 Å². The maximum atomic E-state index is 12.9. The summed E-state index contributed by atoms with van der Waals surface area (Å²) in [6.45, 7) is 1.91. The molecule has 88 valence electrons. The molecule has 0 aliphatic heterocycles. The zero-order valence-corrected chi connectivity index (χ0v) is 9.95. The normalized spacial score (nSPS) is 12.2. The molecule has 0 fully saturated rings. The quantitative estimate of drug-likeness (QED) is 0.908. The van der Waals surface area contributed by atoms with Crippen molar-refractivity contribution < 1.29 is 4.39 Å². The van der Waals surface area contributed by atoms with Gasteiger partial charge in [-0.15, -0.1) is 0 Å². The van der Waals surface area contributed by atoms with Crippen molar-refractivity contribution in [3.05, 3.63) is 53.1 Å². The minimum atomic E-state index is -0.345. The largest absolute Gasteiger partial charge is 0.348 e. The molecule has 0 bridgehead atoms. The number of anilines is 1. The fourth-order valence-electron chi connectivity index (χ4n) is 1.50. The molecule has 0 radical (unpaired) electrons. The van der Waals surface area contributed by atoms with Crippen molar-refractivity contribution in [3.63, 3.8) is 0 Å². The fraction of sp³-hybridized carbons (Fsp3) is 0.167. The predicted molar refractivity (Wildman–Crippen MR) is 65.5 cm³/mol. The van der Waals surface area contributed by atoms with Crippen LogP contribution in [0.1, 0.15) is 18.5 Å². The van der Waals surface area contributed by atoms with Gasteiger partial charge in [0.1, 0.15) is 5.82 Å². The third-order valence-corrected chi connectivity index (χ3v) is 2.67. The second kappa shape index (κ2) is 5.10. The third-order valence-electron chi connectivity index (χ3n) is 2.34. The van der Waals surface area contributed by atoms with Crippen molar-refractivity contribution in [2.24, 2.45) is 0 Å². The molecule has 0 aliphatic carbocycles. The number of halogens is 2. The van der Waals surface area contributed by atoms with Crippen LogP contribution in [-0.4, -0.2) is 9.97 Å². The Hall–Kier alpha value is -1.68. The Bertz CT molecular complexity index is 504. The summed E-state index contributed by atoms with van der Waals surface area (Å²) in [7, 11) is 0. The van der Waals surface area contributed by atoms with Crippen LogP contribution in [0.15, 0.2) is 36.7 Å². The summed E-state index contributed by atoms with van der Waals surface area (Å²) >= 11 is 5.97. The van der Waals surface area contributed by atoms with Crippen LogP contribution in [0.25, 0.3) is 0 Å². The van der Waals surface area contributed by atoms with E-state index in [0.29, 0.717) is 11.0 Å². The van der Waals surface area contributed by atoms with Crippen LogP contribution in [0.4, 0.5) is 10.3 Å². The van der Waals surface area contributed by atoms with Crippen molar-refractivity contribution >= 4 is 17.5 Å². The molecule has 17 heavy (non-hydrogen) atoms. The highest BCUT2D eigenvalue weighted by atomic mass is 35.5. The Morgan fingerprint density at radius 2 is 2.00 bits per heavy atom. The maximum Gasteiger partial charge on any atom is 0.223 e. The SMILES string of the molecule is CC(Nc1ncccn1)c1ccc(F)cc1Cl. The highest BCUT2D eigenvalue weighted by molar-refractivity contribution is 6.31. The van der Waals surface area contributed by atoms with Crippen LogP contribution < -0.4 is 5.32 Å². The van der Waals surface area contributed by atoms with Crippen molar-refractivity contribution in [2.75, 3.05) is 5.32 Å². The molecule has 0 saturated carbocycles. The molecule has 0 amide bonds. The summed E-state index contributed by atoms with van der Waals surface area (Å²) < 4.78 is 12.9. The van der Waals surface area contributed by atoms with Gasteiger partial charge in [0.15, 0.2) is 0 Å². The standard InChI is InChI=1S/C12H11ClFN3/c1-8(17-12-15-5-2-6-16-12)10-4-3-9(14)7-11(10)13/h2-8H,1H3,(H,15,16,17). The Balaban J connectivity index is 2.17. The van der Waals surface area contributed by atoms with E-state index in [-0.39, 0.29) is 11.9 Å². The number of rotatable bonds is 3. The van der Waals surface area contributed by atoms with Crippen molar-refractivity contribution in [2.45, 2.75) is 13.0 Å². The predicted octanol–water partition coefficient (Wildman–Crippen LogP) is 3.44. The zero-order chi connectivity index (χ0) is 12.3. The minimum absolute atomic E-state index is 0.0921. The number of aromatic nitrogens is 2. The second-order valence-corrected chi connectivity index (χ2v) is 4.01. The minimum Gasteiger partial charge on any atom is -0.348 e. The first-order chi connectivity index (χ1) is 8.16. The van der Waals surface area contributed by atoms with Crippen molar-refractivity contribution in [3.8, 4) is 0 Å². The molecule has 1 atom stereocenters. The lowest BCUT2D eigenvalue weighted by atomic mass is 10.1. The summed E-state index contributed by atoms with van der Waals surface area (Å²) in [5.41, 5.74) is 0.806. The van der Waals surface area contributed by atoms with E-state index in [4.69, 9.17) is 11.6 Å². The van der Waals surface area contributed by atoms with Gasteiger partial charge in [0, 0.05) is 17.4 Å². The fourth-order valence-corrected chi connectivity index (χ4v) is 1.83. The number of nitrogens with zero attached hydrogens (tertiary/aromatic N) is 2. The Morgan fingerprint density at radius 1 is 1.29 bits per heavy atom. The molecule has 1 aromatic carbocycles. The van der Waals surface area contributed by atoms with Crippen LogP contribution >= 0.6 is 11.6 Å². The van der Waals surface area contributed by atoms with Gasteiger partial charge in [-0.25, -0.2) is 14.4 Å². The van der Waals surface area contributed by atoms with Gasteiger partial charge in [-0.1, -0.05) is 17.7 Å². The van der Waals surface area contributed by atoms with E-state index in [0.717, 1.165) is 5.56 Å². The third kappa shape index (κ3) is 2.91. The van der Waals surface area contributed by atoms with Gasteiger partial charge < -0.3 is 5.32 Å². The average molecular weight is 252 g/mol. The van der Waals surface area contributed by atoms with Crippen LogP contribution in [-0.2, 0) is 0 Å². The average Bonchev–Trinajstić information content (AvgIpc) is 2.30. The summed E-state index contributed by atoms with van der Waals surface area (Å²) in [6, 6.07) is 5.97. The summed E-state index contributed by atoms with van der Waals surface area (Å²) in [5.74, 6) is 0.169. The van der Waals surface area contributed by atoms with E-state index in [2.05, 4.69) is 15.3 Å². The summed E-state index contributed by atoms with van der Waals surface area (Å²) in [6.07, 6.45) is 3.29. The molecule has 1 aromatic heterocycles. The molecule has 0 aliphatic rings. The van der Waals surface area contributed by atoms with E-state index in [1.54, 1.807) is 24.5 Å². The van der Waals surface area contributed by atoms with E-state index < -0.39 is 0 Å². The molecule has 1 unspecified atom stereocenters. The summed E-state index contributed by atoms with van der Waals surface area (Å²) in [5, 5.41) is 3.48. The monoisotopic (exact) mass is 251 g/mol. The Morgan fingerprint density at radius 3 is 2.65 bits per heavy atom. The number of hydrogen-bond acceptors (Lipinski definition) is 3. The van der Waals surface area contributed by atoms with E-state index in [1.807, 2.05) is 6.92 Å². The topological polar surface area (TPSA) is 37.8 Å². The summed E-state index contributed by atoms with van der Waals surface area (Å²) in [4.78, 5) is 8.10. The molecule has 1 heterocycles. The lowest BCUT2D eigenvalue weighted by Crippen LogP contribution is -2.09. The number of hydrogen-bond donors (Lipinski definition) is 1. The maximum absolute atomic E-state index is 12.9. The lowest BCUT2D eigenvalue weighted by molar-refractivity contribution is 0.626. The number of nitrogens with one attached hydrogen (secondary N) is 1. The highest BCUT2D eigenvalue weighted by Crippen LogP contribution is 2.25. The highest BCUT2D eigenvalue weighted by Gasteiger charge is 2.11. The van der Waals surface area contributed by atoms with Gasteiger partial charge in [0.2, 0.25) is 5.95 Å². The van der Waals surface area contributed by atoms with E-state index in [9.17, 15) is 4.39 Å². The molecule has 2 rings (SSSR count). The van der Waals surface area contributed by atoms with Gasteiger partial charge >= 0.3 is 0 Å². The number of benzene rings is 1. The van der Waals surface area contributed by atoms with Gasteiger partial charge in [-0.05, 0) is 30.7 Å². The van der Waals surface area contributed by atoms with Crippen LogP contribution in [0.5, 0.6) is 0 Å². The molecule has 0 spiro atoms. The first-order valence-electron chi connectivity index (χ1n) is 5.15. The van der Waals surface area contributed by atoms with Gasteiger partial charge in [0.25, 0.3) is 0 Å². The second-order valence-electron chi connectivity index (χ2n) is 3.60. The van der Waals surface area contributed by atoms with Crippen LogP contribution in [0.3, 0.4) is 0 Å².